The number of pyridine rings is 1. The Morgan fingerprint density at radius 1 is 1.29 bits per heavy atom. The Morgan fingerprint density at radius 3 is 2.71 bits per heavy atom. The van der Waals surface area contributed by atoms with E-state index in [1.165, 1.54) is 23.8 Å². The summed E-state index contributed by atoms with van der Waals surface area (Å²) < 4.78 is 11.8. The van der Waals surface area contributed by atoms with Crippen molar-refractivity contribution in [1.82, 2.24) is 30.0 Å². The first-order valence-corrected chi connectivity index (χ1v) is 8.09. The number of hydrogen-bond acceptors (Lipinski definition) is 9. The Balaban J connectivity index is 1.81. The number of nitrogens with zero attached hydrogens (tertiary/aromatic N) is 6. The van der Waals surface area contributed by atoms with E-state index in [0.29, 0.717) is 22.9 Å². The van der Waals surface area contributed by atoms with Gasteiger partial charge in [-0.1, -0.05) is 5.16 Å². The third-order valence-corrected chi connectivity index (χ3v) is 4.03. The van der Waals surface area contributed by atoms with Gasteiger partial charge in [-0.25, -0.2) is 4.79 Å². The molecule has 28 heavy (non-hydrogen) atoms. The second-order valence-electron chi connectivity index (χ2n) is 5.89. The molecule has 0 aliphatic carbocycles. The van der Waals surface area contributed by atoms with E-state index in [1.807, 2.05) is 0 Å². The molecule has 0 saturated carbocycles. The van der Waals surface area contributed by atoms with Crippen LogP contribution in [0.1, 0.15) is 33.6 Å². The number of aryl methyl sites for hydroxylation is 1. The predicted octanol–water partition coefficient (Wildman–Crippen LogP) is 1.27. The minimum absolute atomic E-state index is 0.00817. The maximum Gasteiger partial charge on any atom is 0.337 e. The lowest BCUT2D eigenvalue weighted by molar-refractivity contribution is 0.0696. The highest BCUT2D eigenvalue weighted by molar-refractivity contribution is 5.87. The van der Waals surface area contributed by atoms with E-state index in [2.05, 4.69) is 25.4 Å². The molecule has 0 radical (unpaired) electrons. The van der Waals surface area contributed by atoms with Gasteiger partial charge in [0.25, 0.3) is 0 Å². The molecule has 11 heteroatoms. The molecule has 1 unspecified atom stereocenters. The second kappa shape index (κ2) is 6.70. The van der Waals surface area contributed by atoms with E-state index >= 15 is 0 Å². The third kappa shape index (κ3) is 2.93. The summed E-state index contributed by atoms with van der Waals surface area (Å²) in [6.07, 6.45) is -0.106. The van der Waals surface area contributed by atoms with Crippen molar-refractivity contribution in [2.75, 3.05) is 7.11 Å². The van der Waals surface area contributed by atoms with Crippen molar-refractivity contribution in [2.24, 2.45) is 0 Å². The van der Waals surface area contributed by atoms with Gasteiger partial charge in [0.1, 0.15) is 23.3 Å². The smallest absolute Gasteiger partial charge is 0.337 e. The molecule has 4 aromatic heterocycles. The highest BCUT2D eigenvalue weighted by Gasteiger charge is 2.23. The normalized spacial score (nSPS) is 12.2. The Bertz CT molecular complexity index is 1170. The van der Waals surface area contributed by atoms with E-state index in [9.17, 15) is 9.90 Å². The number of ether oxygens (including phenoxy) is 1. The minimum Gasteiger partial charge on any atom is -0.495 e. The molecule has 11 nitrogen and oxygen atoms in total. The zero-order valence-corrected chi connectivity index (χ0v) is 14.8. The third-order valence-electron chi connectivity index (χ3n) is 4.03. The van der Waals surface area contributed by atoms with Crippen molar-refractivity contribution in [3.05, 3.63) is 53.2 Å². The first-order valence-electron chi connectivity index (χ1n) is 8.09. The number of aliphatic hydroxyl groups excluding tert-OH is 1. The standard InChI is InChI=1S/C17H14N6O5/c1-8-5-11(22-28-8)16-20-19-13-6-12(27-2)14(21-23(13)16)15(24)10-4-3-9(7-18-10)17(25)26/h3-7,15,24H,1-2H3,(H,25,26). The van der Waals surface area contributed by atoms with Gasteiger partial charge in [-0.15, -0.1) is 10.2 Å². The van der Waals surface area contributed by atoms with Gasteiger partial charge in [0.15, 0.2) is 11.3 Å². The van der Waals surface area contributed by atoms with Crippen LogP contribution in [0.25, 0.3) is 17.2 Å². The number of aromatic carboxylic acids is 1. The molecule has 0 fully saturated rings. The molecule has 0 aliphatic heterocycles. The lowest BCUT2D eigenvalue weighted by Gasteiger charge is -2.13. The number of aliphatic hydroxyl groups is 1. The van der Waals surface area contributed by atoms with Crippen molar-refractivity contribution in [1.29, 1.82) is 0 Å². The number of carboxylic acid groups (broad SMARTS) is 1. The Kier molecular flexibility index (Phi) is 4.20. The summed E-state index contributed by atoms with van der Waals surface area (Å²) in [5, 5.41) is 36.2. The van der Waals surface area contributed by atoms with Crippen LogP contribution < -0.4 is 4.74 Å². The van der Waals surface area contributed by atoms with E-state index in [0.717, 1.165) is 6.20 Å². The molecule has 0 amide bonds. The van der Waals surface area contributed by atoms with Crippen LogP contribution in [0.2, 0.25) is 0 Å². The summed E-state index contributed by atoms with van der Waals surface area (Å²) >= 11 is 0. The topological polar surface area (TPSA) is 149 Å². The van der Waals surface area contributed by atoms with Gasteiger partial charge in [0, 0.05) is 18.3 Å². The van der Waals surface area contributed by atoms with Crippen molar-refractivity contribution in [3.8, 4) is 17.3 Å². The highest BCUT2D eigenvalue weighted by atomic mass is 16.5. The predicted molar refractivity (Wildman–Crippen MR) is 92.8 cm³/mol. The van der Waals surface area contributed by atoms with Gasteiger partial charge in [-0.2, -0.15) is 9.61 Å². The number of carboxylic acids is 1. The number of methoxy groups -OCH3 is 1. The number of fused-ring (bicyclic) bond motifs is 1. The number of aromatic nitrogens is 6. The zero-order valence-electron chi connectivity index (χ0n) is 14.8. The first-order chi connectivity index (χ1) is 13.5. The van der Waals surface area contributed by atoms with E-state index in [1.54, 1.807) is 19.1 Å². The molecule has 4 rings (SSSR count). The summed E-state index contributed by atoms with van der Waals surface area (Å²) in [5.41, 5.74) is 1.20. The quantitative estimate of drug-likeness (QED) is 0.516. The van der Waals surface area contributed by atoms with Crippen LogP contribution in [0, 0.1) is 6.92 Å². The summed E-state index contributed by atoms with van der Waals surface area (Å²) in [5.74, 6) is 0.0995. The maximum absolute atomic E-state index is 11.0. The molecule has 0 bridgehead atoms. The second-order valence-corrected chi connectivity index (χ2v) is 5.89. The van der Waals surface area contributed by atoms with Crippen LogP contribution in [0.5, 0.6) is 5.75 Å². The summed E-state index contributed by atoms with van der Waals surface area (Å²) in [4.78, 5) is 15.0. The van der Waals surface area contributed by atoms with E-state index < -0.39 is 12.1 Å². The fourth-order valence-corrected chi connectivity index (χ4v) is 2.65. The lowest BCUT2D eigenvalue weighted by Crippen LogP contribution is -2.11. The average Bonchev–Trinajstić information content (AvgIpc) is 3.31. The maximum atomic E-state index is 11.0. The minimum atomic E-state index is -1.27. The molecule has 4 aromatic rings. The van der Waals surface area contributed by atoms with E-state index in [-0.39, 0.29) is 22.7 Å². The van der Waals surface area contributed by atoms with Crippen molar-refractivity contribution < 1.29 is 24.3 Å². The molecule has 0 aliphatic rings. The molecule has 142 valence electrons. The van der Waals surface area contributed by atoms with Gasteiger partial charge in [0.2, 0.25) is 5.82 Å². The molecule has 0 spiro atoms. The summed E-state index contributed by atoms with van der Waals surface area (Å²) in [6, 6.07) is 6.01. The van der Waals surface area contributed by atoms with Gasteiger partial charge >= 0.3 is 5.97 Å². The molecule has 1 atom stereocenters. The Morgan fingerprint density at radius 2 is 2.11 bits per heavy atom. The van der Waals surface area contributed by atoms with Crippen molar-refractivity contribution >= 4 is 11.6 Å². The zero-order chi connectivity index (χ0) is 19.8. The van der Waals surface area contributed by atoms with Gasteiger partial charge in [0.05, 0.1) is 18.4 Å². The van der Waals surface area contributed by atoms with Crippen LogP contribution in [-0.2, 0) is 0 Å². The van der Waals surface area contributed by atoms with Gasteiger partial charge in [-0.05, 0) is 19.1 Å². The van der Waals surface area contributed by atoms with Crippen LogP contribution in [0.4, 0.5) is 0 Å². The Hall–Kier alpha value is -3.86. The van der Waals surface area contributed by atoms with Crippen molar-refractivity contribution in [2.45, 2.75) is 13.0 Å². The number of rotatable bonds is 5. The lowest BCUT2D eigenvalue weighted by atomic mass is 10.1. The molecule has 0 aromatic carbocycles. The Labute approximate surface area is 157 Å². The van der Waals surface area contributed by atoms with Crippen LogP contribution in [0.3, 0.4) is 0 Å². The van der Waals surface area contributed by atoms with Crippen molar-refractivity contribution in [3.63, 3.8) is 0 Å². The molecule has 4 heterocycles. The molecule has 0 saturated heterocycles. The SMILES string of the molecule is COc1cc2nnc(-c3cc(C)on3)n2nc1C(O)c1ccc(C(=O)O)cn1. The fourth-order valence-electron chi connectivity index (χ4n) is 2.65. The number of hydrogen-bond donors (Lipinski definition) is 2. The largest absolute Gasteiger partial charge is 0.495 e. The summed E-state index contributed by atoms with van der Waals surface area (Å²) in [7, 11) is 1.43. The number of carbonyl (C=O) groups is 1. The molecule has 2 N–H and O–H groups in total. The molecular formula is C17H14N6O5. The van der Waals surface area contributed by atoms with E-state index in [4.69, 9.17) is 14.4 Å². The monoisotopic (exact) mass is 382 g/mol. The average molecular weight is 382 g/mol. The van der Waals surface area contributed by atoms with Crippen LogP contribution >= 0.6 is 0 Å². The van der Waals surface area contributed by atoms with Gasteiger partial charge in [-0.3, -0.25) is 4.98 Å². The fraction of sp³-hybridized carbons (Fsp3) is 0.176. The highest BCUT2D eigenvalue weighted by Crippen LogP contribution is 2.29. The first kappa shape index (κ1) is 17.5. The van der Waals surface area contributed by atoms with Gasteiger partial charge < -0.3 is 19.5 Å². The summed E-state index contributed by atoms with van der Waals surface area (Å²) in [6.45, 7) is 1.75. The van der Waals surface area contributed by atoms with Crippen LogP contribution in [-0.4, -0.2) is 53.2 Å². The molecular weight excluding hydrogens is 368 g/mol. The van der Waals surface area contributed by atoms with Crippen LogP contribution in [0.15, 0.2) is 35.0 Å².